The number of hydrogen-bond donors (Lipinski definition) is 1. The van der Waals surface area contributed by atoms with Crippen molar-refractivity contribution in [3.63, 3.8) is 0 Å². The number of hydrogen-bond acceptors (Lipinski definition) is 3. The third kappa shape index (κ3) is 3.40. The van der Waals surface area contributed by atoms with Crippen molar-refractivity contribution < 1.29 is 4.79 Å². The van der Waals surface area contributed by atoms with E-state index < -0.39 is 0 Å². The molecule has 1 N–H and O–H groups in total. The molecule has 0 aliphatic heterocycles. The van der Waals surface area contributed by atoms with Gasteiger partial charge in [-0.15, -0.1) is 0 Å². The van der Waals surface area contributed by atoms with Gasteiger partial charge in [-0.3, -0.25) is 14.2 Å². The van der Waals surface area contributed by atoms with Gasteiger partial charge in [-0.1, -0.05) is 11.6 Å². The molecule has 2 aromatic rings. The zero-order chi connectivity index (χ0) is 14.7. The van der Waals surface area contributed by atoms with E-state index in [0.29, 0.717) is 23.8 Å². The molecule has 0 aliphatic rings. The number of rotatable bonds is 5. The van der Waals surface area contributed by atoms with E-state index in [0.717, 1.165) is 16.6 Å². The number of amides is 1. The fourth-order valence-corrected chi connectivity index (χ4v) is 2.39. The van der Waals surface area contributed by atoms with E-state index in [4.69, 9.17) is 11.6 Å². The number of nitrogens with one attached hydrogen (secondary N) is 1. The maximum Gasteiger partial charge on any atom is 0.272 e. The Morgan fingerprint density at radius 1 is 1.55 bits per heavy atom. The van der Waals surface area contributed by atoms with E-state index >= 15 is 0 Å². The summed E-state index contributed by atoms with van der Waals surface area (Å²) in [5.41, 5.74) is 1.33. The van der Waals surface area contributed by atoms with Crippen molar-refractivity contribution >= 4 is 33.4 Å². The zero-order valence-corrected chi connectivity index (χ0v) is 13.6. The van der Waals surface area contributed by atoms with Gasteiger partial charge in [-0.05, 0) is 29.3 Å². The zero-order valence-electron chi connectivity index (χ0n) is 11.2. The monoisotopic (exact) mass is 359 g/mol. The molecule has 0 bridgehead atoms. The summed E-state index contributed by atoms with van der Waals surface area (Å²) in [7, 11) is 1.80. The highest BCUT2D eigenvalue weighted by Crippen LogP contribution is 2.19. The minimum atomic E-state index is -0.181. The first kappa shape index (κ1) is 15.1. The third-order valence-corrected chi connectivity index (χ3v) is 4.07. The number of carbonyl (C=O) groups is 1. The Morgan fingerprint density at radius 2 is 2.30 bits per heavy atom. The minimum absolute atomic E-state index is 0.181. The second-order valence-electron chi connectivity index (χ2n) is 4.40. The molecular formula is C12H15BrClN5O. The van der Waals surface area contributed by atoms with Gasteiger partial charge in [-0.25, -0.2) is 0 Å². The van der Waals surface area contributed by atoms with Crippen LogP contribution in [0.5, 0.6) is 0 Å². The number of carbonyl (C=O) groups excluding carboxylic acids is 1. The number of nitrogens with zero attached hydrogens (tertiary/aromatic N) is 4. The first-order valence-corrected chi connectivity index (χ1v) is 7.31. The molecular weight excluding hydrogens is 346 g/mol. The lowest BCUT2D eigenvalue weighted by atomic mass is 10.3. The van der Waals surface area contributed by atoms with Crippen molar-refractivity contribution in [2.45, 2.75) is 19.9 Å². The number of aryl methyl sites for hydroxylation is 2. The molecule has 0 radical (unpaired) electrons. The first-order valence-electron chi connectivity index (χ1n) is 6.14. The fraction of sp³-hybridized carbons (Fsp3) is 0.417. The third-order valence-electron chi connectivity index (χ3n) is 2.93. The first-order chi connectivity index (χ1) is 9.49. The summed E-state index contributed by atoms with van der Waals surface area (Å²) in [6.45, 7) is 3.16. The molecule has 0 aliphatic carbocycles. The molecule has 0 fully saturated rings. The minimum Gasteiger partial charge on any atom is -0.351 e. The number of halogens is 2. The van der Waals surface area contributed by atoms with E-state index in [1.54, 1.807) is 28.8 Å². The average Bonchev–Trinajstić information content (AvgIpc) is 2.94. The second kappa shape index (κ2) is 6.41. The van der Waals surface area contributed by atoms with E-state index in [-0.39, 0.29) is 5.91 Å². The standard InChI is InChI=1S/C12H15BrClN5O/c1-8-10(13)11(17-18(8)2)12(20)15-4-3-5-19-7-9(14)6-16-19/h6-7H,3-5H2,1-2H3,(H,15,20). The lowest BCUT2D eigenvalue weighted by Crippen LogP contribution is -2.26. The summed E-state index contributed by atoms with van der Waals surface area (Å²) >= 11 is 9.15. The van der Waals surface area contributed by atoms with E-state index in [9.17, 15) is 4.79 Å². The summed E-state index contributed by atoms with van der Waals surface area (Å²) < 4.78 is 4.15. The highest BCUT2D eigenvalue weighted by molar-refractivity contribution is 9.10. The second-order valence-corrected chi connectivity index (χ2v) is 5.63. The summed E-state index contributed by atoms with van der Waals surface area (Å²) in [4.78, 5) is 12.0. The Labute approximate surface area is 130 Å². The van der Waals surface area contributed by atoms with Crippen molar-refractivity contribution in [1.82, 2.24) is 24.9 Å². The summed E-state index contributed by atoms with van der Waals surface area (Å²) in [5.74, 6) is -0.181. The molecule has 6 nitrogen and oxygen atoms in total. The highest BCUT2D eigenvalue weighted by Gasteiger charge is 2.16. The van der Waals surface area contributed by atoms with Gasteiger partial charge in [0.25, 0.3) is 5.91 Å². The Morgan fingerprint density at radius 3 is 2.85 bits per heavy atom. The molecule has 0 atom stereocenters. The van der Waals surface area contributed by atoms with Crippen LogP contribution in [0, 0.1) is 6.92 Å². The van der Waals surface area contributed by atoms with Crippen molar-refractivity contribution in [2.24, 2.45) is 7.05 Å². The van der Waals surface area contributed by atoms with Crippen molar-refractivity contribution in [1.29, 1.82) is 0 Å². The summed E-state index contributed by atoms with van der Waals surface area (Å²) in [6.07, 6.45) is 4.11. The number of aromatic nitrogens is 4. The molecule has 1 amide bonds. The predicted octanol–water partition coefficient (Wildman–Crippen LogP) is 2.16. The molecule has 20 heavy (non-hydrogen) atoms. The van der Waals surface area contributed by atoms with Gasteiger partial charge >= 0.3 is 0 Å². The van der Waals surface area contributed by atoms with Gasteiger partial charge in [0, 0.05) is 26.3 Å². The highest BCUT2D eigenvalue weighted by atomic mass is 79.9. The van der Waals surface area contributed by atoms with Gasteiger partial charge in [0.2, 0.25) is 0 Å². The molecule has 108 valence electrons. The Balaban J connectivity index is 1.82. The predicted molar refractivity (Wildman–Crippen MR) is 79.8 cm³/mol. The molecule has 0 saturated heterocycles. The van der Waals surface area contributed by atoms with Crippen LogP contribution >= 0.6 is 27.5 Å². The largest absolute Gasteiger partial charge is 0.351 e. The van der Waals surface area contributed by atoms with Gasteiger partial charge in [0.1, 0.15) is 0 Å². The van der Waals surface area contributed by atoms with Crippen LogP contribution in [-0.2, 0) is 13.6 Å². The van der Waals surface area contributed by atoms with E-state index in [2.05, 4.69) is 31.4 Å². The lowest BCUT2D eigenvalue weighted by Gasteiger charge is -2.04. The van der Waals surface area contributed by atoms with Crippen LogP contribution < -0.4 is 5.32 Å². The Bertz CT molecular complexity index is 621. The maximum atomic E-state index is 12.0. The van der Waals surface area contributed by atoms with Crippen LogP contribution in [0.1, 0.15) is 22.6 Å². The molecule has 0 spiro atoms. The van der Waals surface area contributed by atoms with Crippen LogP contribution in [0.15, 0.2) is 16.9 Å². The van der Waals surface area contributed by atoms with E-state index in [1.807, 2.05) is 6.92 Å². The summed E-state index contributed by atoms with van der Waals surface area (Å²) in [6, 6.07) is 0. The molecule has 0 unspecified atom stereocenters. The molecule has 2 rings (SSSR count). The van der Waals surface area contributed by atoms with Crippen molar-refractivity contribution in [3.05, 3.63) is 33.3 Å². The smallest absolute Gasteiger partial charge is 0.272 e. The topological polar surface area (TPSA) is 64.7 Å². The van der Waals surface area contributed by atoms with Crippen LogP contribution in [-0.4, -0.2) is 32.0 Å². The molecule has 8 heteroatoms. The van der Waals surface area contributed by atoms with Gasteiger partial charge in [0.15, 0.2) is 5.69 Å². The molecule has 0 saturated carbocycles. The SMILES string of the molecule is Cc1c(Br)c(C(=O)NCCCn2cc(Cl)cn2)nn1C. The normalized spacial score (nSPS) is 10.8. The van der Waals surface area contributed by atoms with Crippen LogP contribution in [0.3, 0.4) is 0 Å². The Kier molecular flexibility index (Phi) is 4.82. The Hall–Kier alpha value is -1.34. The van der Waals surface area contributed by atoms with Gasteiger partial charge < -0.3 is 5.32 Å². The summed E-state index contributed by atoms with van der Waals surface area (Å²) in [5, 5.41) is 11.7. The van der Waals surface area contributed by atoms with E-state index in [1.165, 1.54) is 0 Å². The van der Waals surface area contributed by atoms with Crippen molar-refractivity contribution in [2.75, 3.05) is 6.54 Å². The molecule has 0 aromatic carbocycles. The molecule has 2 aromatic heterocycles. The quantitative estimate of drug-likeness (QED) is 0.831. The van der Waals surface area contributed by atoms with Crippen LogP contribution in [0.25, 0.3) is 0 Å². The maximum absolute atomic E-state index is 12.0. The van der Waals surface area contributed by atoms with Crippen molar-refractivity contribution in [3.8, 4) is 0 Å². The molecule has 2 heterocycles. The van der Waals surface area contributed by atoms with Gasteiger partial charge in [0.05, 0.1) is 21.4 Å². The lowest BCUT2D eigenvalue weighted by molar-refractivity contribution is 0.0946. The van der Waals surface area contributed by atoms with Crippen LogP contribution in [0.4, 0.5) is 0 Å². The van der Waals surface area contributed by atoms with Gasteiger partial charge in [-0.2, -0.15) is 10.2 Å². The average molecular weight is 361 g/mol. The van der Waals surface area contributed by atoms with Crippen LogP contribution in [0.2, 0.25) is 5.02 Å². The fourth-order valence-electron chi connectivity index (χ4n) is 1.71.